The van der Waals surface area contributed by atoms with Gasteiger partial charge in [0.15, 0.2) is 0 Å². The van der Waals surface area contributed by atoms with Gasteiger partial charge in [0.1, 0.15) is 12.2 Å². The molecule has 2 heterocycles. The maximum absolute atomic E-state index is 12.3. The number of rotatable bonds is 4. The molecule has 8 nitrogen and oxygen atoms in total. The Labute approximate surface area is 119 Å². The number of H-pyrrole nitrogens is 1. The van der Waals surface area contributed by atoms with Crippen LogP contribution in [0.5, 0.6) is 0 Å². The number of aromatic nitrogens is 5. The molecule has 0 saturated heterocycles. The Morgan fingerprint density at radius 1 is 1.33 bits per heavy atom. The summed E-state index contributed by atoms with van der Waals surface area (Å²) in [5.74, 6) is 0.945. The summed E-state index contributed by atoms with van der Waals surface area (Å²) >= 11 is 0. The molecule has 21 heavy (non-hydrogen) atoms. The second-order valence-corrected chi connectivity index (χ2v) is 4.41. The van der Waals surface area contributed by atoms with Gasteiger partial charge in [-0.3, -0.25) is 9.89 Å². The Kier molecular flexibility index (Phi) is 3.42. The summed E-state index contributed by atoms with van der Waals surface area (Å²) in [5.41, 5.74) is 1.34. The van der Waals surface area contributed by atoms with Crippen molar-refractivity contribution in [1.29, 1.82) is 0 Å². The third kappa shape index (κ3) is 2.78. The maximum Gasteiger partial charge on any atom is 0.254 e. The van der Waals surface area contributed by atoms with E-state index in [1.165, 1.54) is 12.7 Å². The van der Waals surface area contributed by atoms with Gasteiger partial charge in [-0.05, 0) is 24.3 Å². The van der Waals surface area contributed by atoms with Crippen molar-refractivity contribution >= 4 is 5.91 Å². The lowest BCUT2D eigenvalue weighted by Gasteiger charge is -2.15. The molecule has 0 aliphatic heterocycles. The van der Waals surface area contributed by atoms with Crippen LogP contribution in [0.25, 0.3) is 11.5 Å². The predicted octanol–water partition coefficient (Wildman–Crippen LogP) is 1.13. The van der Waals surface area contributed by atoms with Gasteiger partial charge in [0.05, 0.1) is 6.54 Å². The standard InChI is InChI=1S/C13H12N6O2/c1-19(6-11-14-7-15-17-11)13(20)10-4-2-9(3-5-10)12-18-16-8-21-12/h2-5,7-8H,6H2,1H3,(H,14,15,17). The van der Waals surface area contributed by atoms with Crippen LogP contribution in [0.4, 0.5) is 0 Å². The van der Waals surface area contributed by atoms with Gasteiger partial charge in [-0.15, -0.1) is 10.2 Å². The van der Waals surface area contributed by atoms with Crippen molar-refractivity contribution < 1.29 is 9.21 Å². The van der Waals surface area contributed by atoms with Crippen molar-refractivity contribution in [2.75, 3.05) is 7.05 Å². The van der Waals surface area contributed by atoms with E-state index in [-0.39, 0.29) is 5.91 Å². The number of carbonyl (C=O) groups excluding carboxylic acids is 1. The lowest BCUT2D eigenvalue weighted by molar-refractivity contribution is 0.0781. The Hall–Kier alpha value is -3.03. The Morgan fingerprint density at radius 3 is 2.76 bits per heavy atom. The van der Waals surface area contributed by atoms with Crippen LogP contribution in [-0.4, -0.2) is 43.2 Å². The van der Waals surface area contributed by atoms with Gasteiger partial charge in [-0.25, -0.2) is 4.98 Å². The minimum absolute atomic E-state index is 0.108. The third-order valence-electron chi connectivity index (χ3n) is 2.94. The van der Waals surface area contributed by atoms with Crippen LogP contribution in [-0.2, 0) is 6.54 Å². The van der Waals surface area contributed by atoms with Crippen LogP contribution < -0.4 is 0 Å². The first kappa shape index (κ1) is 13.0. The summed E-state index contributed by atoms with van der Waals surface area (Å²) in [6.45, 7) is 0.365. The minimum Gasteiger partial charge on any atom is -0.423 e. The fourth-order valence-electron chi connectivity index (χ4n) is 1.88. The van der Waals surface area contributed by atoms with Gasteiger partial charge in [0, 0.05) is 18.2 Å². The van der Waals surface area contributed by atoms with E-state index in [9.17, 15) is 4.79 Å². The van der Waals surface area contributed by atoms with Crippen molar-refractivity contribution in [3.63, 3.8) is 0 Å². The van der Waals surface area contributed by atoms with E-state index < -0.39 is 0 Å². The Balaban J connectivity index is 1.72. The summed E-state index contributed by atoms with van der Waals surface area (Å²) in [4.78, 5) is 17.8. The second-order valence-electron chi connectivity index (χ2n) is 4.41. The van der Waals surface area contributed by atoms with Crippen molar-refractivity contribution in [2.45, 2.75) is 6.54 Å². The summed E-state index contributed by atoms with van der Waals surface area (Å²) < 4.78 is 5.10. The van der Waals surface area contributed by atoms with E-state index in [1.54, 1.807) is 36.2 Å². The lowest BCUT2D eigenvalue weighted by atomic mass is 10.1. The molecule has 1 N–H and O–H groups in total. The van der Waals surface area contributed by atoms with Crippen LogP contribution in [0.2, 0.25) is 0 Å². The Morgan fingerprint density at radius 2 is 2.14 bits per heavy atom. The number of benzene rings is 1. The molecule has 0 aliphatic carbocycles. The number of nitrogens with zero attached hydrogens (tertiary/aromatic N) is 5. The molecule has 0 radical (unpaired) electrons. The molecule has 0 saturated carbocycles. The zero-order chi connectivity index (χ0) is 14.7. The van der Waals surface area contributed by atoms with Crippen molar-refractivity contribution in [3.8, 4) is 11.5 Å². The molecular formula is C13H12N6O2. The zero-order valence-corrected chi connectivity index (χ0v) is 11.2. The number of carbonyl (C=O) groups is 1. The highest BCUT2D eigenvalue weighted by Crippen LogP contribution is 2.17. The first-order valence-corrected chi connectivity index (χ1v) is 6.20. The monoisotopic (exact) mass is 284 g/mol. The number of aromatic amines is 1. The molecular weight excluding hydrogens is 272 g/mol. The van der Waals surface area contributed by atoms with Gasteiger partial charge in [0.25, 0.3) is 5.91 Å². The fraction of sp³-hybridized carbons (Fsp3) is 0.154. The van der Waals surface area contributed by atoms with Crippen LogP contribution in [0.1, 0.15) is 16.2 Å². The second kappa shape index (κ2) is 5.53. The summed E-state index contributed by atoms with van der Waals surface area (Å²) in [7, 11) is 1.71. The highest BCUT2D eigenvalue weighted by Gasteiger charge is 2.14. The molecule has 2 aromatic heterocycles. The molecule has 106 valence electrons. The molecule has 0 bridgehead atoms. The van der Waals surface area contributed by atoms with Gasteiger partial charge in [-0.2, -0.15) is 5.10 Å². The first-order valence-electron chi connectivity index (χ1n) is 6.20. The van der Waals surface area contributed by atoms with E-state index >= 15 is 0 Å². The lowest BCUT2D eigenvalue weighted by Crippen LogP contribution is -2.26. The SMILES string of the molecule is CN(Cc1ncn[nH]1)C(=O)c1ccc(-c2nnco2)cc1. The summed E-state index contributed by atoms with van der Waals surface area (Å²) in [5, 5.41) is 13.9. The average Bonchev–Trinajstić information content (AvgIpc) is 3.20. The van der Waals surface area contributed by atoms with Gasteiger partial charge >= 0.3 is 0 Å². The highest BCUT2D eigenvalue weighted by atomic mass is 16.4. The topological polar surface area (TPSA) is 101 Å². The van der Waals surface area contributed by atoms with Crippen molar-refractivity contribution in [2.24, 2.45) is 0 Å². The summed E-state index contributed by atoms with van der Waals surface area (Å²) in [6.07, 6.45) is 2.67. The third-order valence-corrected chi connectivity index (χ3v) is 2.94. The number of amides is 1. The largest absolute Gasteiger partial charge is 0.423 e. The molecule has 1 amide bonds. The number of hydrogen-bond donors (Lipinski definition) is 1. The predicted molar refractivity (Wildman–Crippen MR) is 71.9 cm³/mol. The molecule has 0 atom stereocenters. The Bertz CT molecular complexity index is 706. The molecule has 3 aromatic rings. The highest BCUT2D eigenvalue weighted by molar-refractivity contribution is 5.94. The van der Waals surface area contributed by atoms with E-state index in [4.69, 9.17) is 4.42 Å². The quantitative estimate of drug-likeness (QED) is 0.770. The van der Waals surface area contributed by atoms with Gasteiger partial charge < -0.3 is 9.32 Å². The average molecular weight is 284 g/mol. The van der Waals surface area contributed by atoms with Crippen LogP contribution in [0.15, 0.2) is 41.4 Å². The van der Waals surface area contributed by atoms with Gasteiger partial charge in [-0.1, -0.05) is 0 Å². The zero-order valence-electron chi connectivity index (χ0n) is 11.2. The summed E-state index contributed by atoms with van der Waals surface area (Å²) in [6, 6.07) is 6.98. The van der Waals surface area contributed by atoms with Gasteiger partial charge in [0.2, 0.25) is 12.3 Å². The molecule has 0 fully saturated rings. The van der Waals surface area contributed by atoms with E-state index in [0.717, 1.165) is 5.56 Å². The molecule has 3 rings (SSSR count). The van der Waals surface area contributed by atoms with E-state index in [0.29, 0.717) is 23.8 Å². The van der Waals surface area contributed by atoms with Crippen LogP contribution in [0, 0.1) is 0 Å². The number of hydrogen-bond acceptors (Lipinski definition) is 6. The molecule has 1 aromatic carbocycles. The maximum atomic E-state index is 12.3. The molecule has 0 spiro atoms. The smallest absolute Gasteiger partial charge is 0.254 e. The van der Waals surface area contributed by atoms with E-state index in [2.05, 4.69) is 25.4 Å². The fourth-order valence-corrected chi connectivity index (χ4v) is 1.88. The minimum atomic E-state index is -0.108. The molecule has 8 heteroatoms. The van der Waals surface area contributed by atoms with Crippen LogP contribution >= 0.6 is 0 Å². The number of nitrogens with one attached hydrogen (secondary N) is 1. The normalized spacial score (nSPS) is 10.5. The first-order chi connectivity index (χ1) is 10.2. The molecule has 0 aliphatic rings. The van der Waals surface area contributed by atoms with Crippen LogP contribution in [0.3, 0.4) is 0 Å². The van der Waals surface area contributed by atoms with E-state index in [1.807, 2.05) is 0 Å². The van der Waals surface area contributed by atoms with Crippen molar-refractivity contribution in [3.05, 3.63) is 48.4 Å². The van der Waals surface area contributed by atoms with Crippen molar-refractivity contribution in [1.82, 2.24) is 30.3 Å². The molecule has 0 unspecified atom stereocenters.